The Bertz CT molecular complexity index is 581. The summed E-state index contributed by atoms with van der Waals surface area (Å²) in [5.41, 5.74) is 0.785. The predicted octanol–water partition coefficient (Wildman–Crippen LogP) is 0.459. The highest BCUT2D eigenvalue weighted by Gasteiger charge is 2.31. The lowest BCUT2D eigenvalue weighted by Crippen LogP contribution is -2.29. The van der Waals surface area contributed by atoms with Crippen LogP contribution in [0.25, 0.3) is 0 Å². The maximum absolute atomic E-state index is 12.3. The molecule has 1 aromatic carbocycles. The molecule has 1 saturated heterocycles. The SMILES string of the molecule is O=C(O)CCc1ccc(S(=O)(=O)N2CC[C@@H](O)C2)cc1. The van der Waals surface area contributed by atoms with Gasteiger partial charge in [-0.1, -0.05) is 12.1 Å². The van der Waals surface area contributed by atoms with Crippen molar-refractivity contribution in [1.82, 2.24) is 4.31 Å². The molecule has 0 saturated carbocycles. The molecule has 1 atom stereocenters. The minimum Gasteiger partial charge on any atom is -0.481 e. The zero-order valence-electron chi connectivity index (χ0n) is 10.9. The molecule has 6 nitrogen and oxygen atoms in total. The van der Waals surface area contributed by atoms with Gasteiger partial charge in [-0.15, -0.1) is 0 Å². The molecule has 0 radical (unpaired) electrons. The molecule has 110 valence electrons. The average Bonchev–Trinajstić information content (AvgIpc) is 2.84. The molecule has 0 unspecified atom stereocenters. The average molecular weight is 299 g/mol. The van der Waals surface area contributed by atoms with Crippen LogP contribution in [0.5, 0.6) is 0 Å². The lowest BCUT2D eigenvalue weighted by Gasteiger charge is -2.15. The fourth-order valence-corrected chi connectivity index (χ4v) is 3.65. The van der Waals surface area contributed by atoms with Crippen LogP contribution in [0.15, 0.2) is 29.2 Å². The number of carboxylic acid groups (broad SMARTS) is 1. The number of benzene rings is 1. The third kappa shape index (κ3) is 3.36. The molecule has 2 N–H and O–H groups in total. The monoisotopic (exact) mass is 299 g/mol. The highest BCUT2D eigenvalue weighted by atomic mass is 32.2. The summed E-state index contributed by atoms with van der Waals surface area (Å²) in [7, 11) is -3.56. The van der Waals surface area contributed by atoms with Gasteiger partial charge in [-0.2, -0.15) is 4.31 Å². The van der Waals surface area contributed by atoms with Crippen LogP contribution in [-0.2, 0) is 21.2 Å². The molecule has 7 heteroatoms. The fourth-order valence-electron chi connectivity index (χ4n) is 2.16. The molecule has 1 aliphatic heterocycles. The van der Waals surface area contributed by atoms with E-state index in [1.165, 1.54) is 16.4 Å². The van der Waals surface area contributed by atoms with Gasteiger partial charge < -0.3 is 10.2 Å². The summed E-state index contributed by atoms with van der Waals surface area (Å²) in [6.45, 7) is 0.452. The first-order chi connectivity index (χ1) is 9.39. The predicted molar refractivity (Wildman–Crippen MR) is 71.8 cm³/mol. The van der Waals surface area contributed by atoms with Crippen molar-refractivity contribution >= 4 is 16.0 Å². The maximum atomic E-state index is 12.3. The molecular formula is C13H17NO5S. The number of aliphatic carboxylic acids is 1. The van der Waals surface area contributed by atoms with Crippen molar-refractivity contribution in [2.75, 3.05) is 13.1 Å². The molecular weight excluding hydrogens is 282 g/mol. The lowest BCUT2D eigenvalue weighted by molar-refractivity contribution is -0.136. The van der Waals surface area contributed by atoms with E-state index in [0.29, 0.717) is 19.4 Å². The summed E-state index contributed by atoms with van der Waals surface area (Å²) in [5, 5.41) is 18.0. The smallest absolute Gasteiger partial charge is 0.303 e. The van der Waals surface area contributed by atoms with Crippen molar-refractivity contribution in [2.45, 2.75) is 30.3 Å². The number of rotatable bonds is 5. The van der Waals surface area contributed by atoms with E-state index in [9.17, 15) is 18.3 Å². The Morgan fingerprint density at radius 2 is 1.95 bits per heavy atom. The standard InChI is InChI=1S/C13H17NO5S/c15-11-7-8-14(9-11)20(18,19)12-4-1-10(2-5-12)3-6-13(16)17/h1-2,4-5,11,15H,3,6-9H2,(H,16,17)/t11-/m1/s1. The van der Waals surface area contributed by atoms with Crippen LogP contribution in [0.2, 0.25) is 0 Å². The second-order valence-corrected chi connectivity index (χ2v) is 6.78. The van der Waals surface area contributed by atoms with Crippen LogP contribution in [0.3, 0.4) is 0 Å². The van der Waals surface area contributed by atoms with Gasteiger partial charge in [-0.3, -0.25) is 4.79 Å². The number of β-amino-alcohol motifs (C(OH)–C–C–N with tert-alkyl or cyclic N) is 1. The number of carbonyl (C=O) groups is 1. The number of hydrogen-bond donors (Lipinski definition) is 2. The summed E-state index contributed by atoms with van der Waals surface area (Å²) in [4.78, 5) is 10.6. The van der Waals surface area contributed by atoms with Crippen LogP contribution < -0.4 is 0 Å². The molecule has 1 heterocycles. The molecule has 0 amide bonds. The summed E-state index contributed by atoms with van der Waals surface area (Å²) in [6, 6.07) is 6.22. The molecule has 1 fully saturated rings. The molecule has 0 aliphatic carbocycles. The number of hydrogen-bond acceptors (Lipinski definition) is 4. The van der Waals surface area contributed by atoms with Crippen LogP contribution >= 0.6 is 0 Å². The Labute approximate surface area is 117 Å². The van der Waals surface area contributed by atoms with Crippen LogP contribution in [0.4, 0.5) is 0 Å². The van der Waals surface area contributed by atoms with E-state index in [1.54, 1.807) is 12.1 Å². The number of aryl methyl sites for hydroxylation is 1. The van der Waals surface area contributed by atoms with E-state index in [4.69, 9.17) is 5.11 Å². The molecule has 0 spiro atoms. The first kappa shape index (κ1) is 15.0. The topological polar surface area (TPSA) is 94.9 Å². The molecule has 0 aromatic heterocycles. The van der Waals surface area contributed by atoms with Crippen LogP contribution in [0.1, 0.15) is 18.4 Å². The lowest BCUT2D eigenvalue weighted by atomic mass is 10.1. The van der Waals surface area contributed by atoms with E-state index in [0.717, 1.165) is 5.56 Å². The van der Waals surface area contributed by atoms with Crippen molar-refractivity contribution in [3.63, 3.8) is 0 Å². The maximum Gasteiger partial charge on any atom is 0.303 e. The van der Waals surface area contributed by atoms with Crippen molar-refractivity contribution in [3.8, 4) is 0 Å². The van der Waals surface area contributed by atoms with Gasteiger partial charge in [0.2, 0.25) is 10.0 Å². The summed E-state index contributed by atoms with van der Waals surface area (Å²) in [5.74, 6) is -0.882. The number of nitrogens with zero attached hydrogens (tertiary/aromatic N) is 1. The number of aliphatic hydroxyl groups excluding tert-OH is 1. The van der Waals surface area contributed by atoms with Crippen LogP contribution in [-0.4, -0.2) is 48.1 Å². The van der Waals surface area contributed by atoms with E-state index in [2.05, 4.69) is 0 Å². The van der Waals surface area contributed by atoms with Gasteiger partial charge >= 0.3 is 5.97 Å². The second kappa shape index (κ2) is 5.90. The first-order valence-corrected chi connectivity index (χ1v) is 7.82. The van der Waals surface area contributed by atoms with Crippen molar-refractivity contribution in [1.29, 1.82) is 0 Å². The number of sulfonamides is 1. The normalized spacial score (nSPS) is 20.1. The number of aliphatic hydroxyl groups is 1. The van der Waals surface area contributed by atoms with Gasteiger partial charge in [0.05, 0.1) is 11.0 Å². The van der Waals surface area contributed by atoms with Crippen molar-refractivity contribution in [2.24, 2.45) is 0 Å². The Morgan fingerprint density at radius 1 is 1.30 bits per heavy atom. The Hall–Kier alpha value is -1.44. The third-order valence-corrected chi connectivity index (χ3v) is 5.19. The molecule has 0 bridgehead atoms. The van der Waals surface area contributed by atoms with E-state index < -0.39 is 22.1 Å². The largest absolute Gasteiger partial charge is 0.481 e. The molecule has 1 aliphatic rings. The summed E-state index contributed by atoms with van der Waals surface area (Å²) >= 11 is 0. The fraction of sp³-hybridized carbons (Fsp3) is 0.462. The van der Waals surface area contributed by atoms with Gasteiger partial charge in [0.15, 0.2) is 0 Å². The van der Waals surface area contributed by atoms with Crippen molar-refractivity contribution in [3.05, 3.63) is 29.8 Å². The highest BCUT2D eigenvalue weighted by molar-refractivity contribution is 7.89. The molecule has 2 rings (SSSR count). The molecule has 20 heavy (non-hydrogen) atoms. The zero-order valence-corrected chi connectivity index (χ0v) is 11.7. The summed E-state index contributed by atoms with van der Waals surface area (Å²) in [6.07, 6.45) is 0.248. The van der Waals surface area contributed by atoms with Gasteiger partial charge in [-0.05, 0) is 30.5 Å². The van der Waals surface area contributed by atoms with E-state index in [1.807, 2.05) is 0 Å². The summed E-state index contributed by atoms with van der Waals surface area (Å²) < 4.78 is 25.8. The second-order valence-electron chi connectivity index (χ2n) is 4.84. The zero-order chi connectivity index (χ0) is 14.8. The quantitative estimate of drug-likeness (QED) is 0.823. The Morgan fingerprint density at radius 3 is 2.45 bits per heavy atom. The third-order valence-electron chi connectivity index (χ3n) is 3.31. The van der Waals surface area contributed by atoms with Crippen molar-refractivity contribution < 1.29 is 23.4 Å². The van der Waals surface area contributed by atoms with E-state index in [-0.39, 0.29) is 17.9 Å². The Kier molecular flexibility index (Phi) is 4.42. The highest BCUT2D eigenvalue weighted by Crippen LogP contribution is 2.21. The van der Waals surface area contributed by atoms with Gasteiger partial charge in [0, 0.05) is 19.5 Å². The first-order valence-electron chi connectivity index (χ1n) is 6.38. The minimum absolute atomic E-state index is 0.0183. The van der Waals surface area contributed by atoms with Gasteiger partial charge in [0.25, 0.3) is 0 Å². The van der Waals surface area contributed by atoms with E-state index >= 15 is 0 Å². The molecule has 1 aromatic rings. The Balaban J connectivity index is 2.11. The van der Waals surface area contributed by atoms with Gasteiger partial charge in [0.1, 0.15) is 0 Å². The van der Waals surface area contributed by atoms with Gasteiger partial charge in [-0.25, -0.2) is 8.42 Å². The minimum atomic E-state index is -3.56. The van der Waals surface area contributed by atoms with Crippen LogP contribution in [0, 0.1) is 0 Å². The number of carboxylic acids is 1.